The molecule has 282 valence electrons. The van der Waals surface area contributed by atoms with E-state index in [1.54, 1.807) is 6.07 Å². The summed E-state index contributed by atoms with van der Waals surface area (Å²) < 4.78 is 43.6. The fraction of sp³-hybridized carbons (Fsp3) is 0.512. The zero-order chi connectivity index (χ0) is 37.2. The Labute approximate surface area is 316 Å². The Morgan fingerprint density at radius 3 is 2.47 bits per heavy atom. The molecule has 2 aromatic carbocycles. The number of ether oxygens (including phenoxy) is 2. The maximum atomic E-state index is 14.2. The molecule has 0 spiro atoms. The minimum Gasteiger partial charge on any atom is -0.477 e. The summed E-state index contributed by atoms with van der Waals surface area (Å²) in [4.78, 5) is 17.2. The standard InChI is InChI=1S/C43H55N5O4S/c1-29-12-9-16-33(24-31-13-7-6-8-14-31)39(29)40-30(2)41-46-42(45-40)47-53(49,50)35-17-10-15-32(25-35)36(34(28-52-41)27-43(3,4)5)26-37-38(18-11-19-44-37)48-20-22-51-23-21-48/h9-12,15-19,25,31,34,36H,6-8,13-14,20-24,26-28H2,1-5H3,(H,45,46,47)/t34-,36?/m1/s1. The van der Waals surface area contributed by atoms with Crippen molar-refractivity contribution in [1.29, 1.82) is 0 Å². The van der Waals surface area contributed by atoms with Crippen LogP contribution in [0, 0.1) is 31.1 Å². The lowest BCUT2D eigenvalue weighted by atomic mass is 9.74. The number of hydrogen-bond donors (Lipinski definition) is 1. The van der Waals surface area contributed by atoms with Gasteiger partial charge in [-0.1, -0.05) is 83.2 Å². The molecule has 1 unspecified atom stereocenters. The van der Waals surface area contributed by atoms with Gasteiger partial charge in [-0.05, 0) is 91.3 Å². The topological polar surface area (TPSA) is 107 Å². The Morgan fingerprint density at radius 2 is 1.70 bits per heavy atom. The molecule has 7 rings (SSSR count). The summed E-state index contributed by atoms with van der Waals surface area (Å²) in [6.07, 6.45) is 10.6. The van der Waals surface area contributed by atoms with Gasteiger partial charge < -0.3 is 14.4 Å². The van der Waals surface area contributed by atoms with Gasteiger partial charge >= 0.3 is 0 Å². The van der Waals surface area contributed by atoms with Crippen molar-refractivity contribution in [3.63, 3.8) is 0 Å². The molecule has 1 saturated carbocycles. The van der Waals surface area contributed by atoms with E-state index in [9.17, 15) is 8.42 Å². The summed E-state index contributed by atoms with van der Waals surface area (Å²) >= 11 is 0. The number of aromatic nitrogens is 3. The summed E-state index contributed by atoms with van der Waals surface area (Å²) in [5.41, 5.74) is 7.93. The van der Waals surface area contributed by atoms with Gasteiger partial charge in [0.15, 0.2) is 0 Å². The van der Waals surface area contributed by atoms with E-state index in [-0.39, 0.29) is 28.1 Å². The molecular formula is C43H55N5O4S. The van der Waals surface area contributed by atoms with Crippen LogP contribution in [0.2, 0.25) is 0 Å². The van der Waals surface area contributed by atoms with Gasteiger partial charge in [0.1, 0.15) is 0 Å². The Morgan fingerprint density at radius 1 is 0.925 bits per heavy atom. The van der Waals surface area contributed by atoms with E-state index < -0.39 is 10.0 Å². The van der Waals surface area contributed by atoms with Gasteiger partial charge in [0.25, 0.3) is 10.0 Å². The summed E-state index contributed by atoms with van der Waals surface area (Å²) in [5.74, 6) is 0.988. The largest absolute Gasteiger partial charge is 0.477 e. The lowest BCUT2D eigenvalue weighted by Gasteiger charge is -2.35. The molecule has 2 atom stereocenters. The van der Waals surface area contributed by atoms with Crippen LogP contribution < -0.4 is 14.4 Å². The first-order valence-corrected chi connectivity index (χ1v) is 20.9. The molecule has 1 N–H and O–H groups in total. The fourth-order valence-electron chi connectivity index (χ4n) is 8.69. The van der Waals surface area contributed by atoms with E-state index in [4.69, 9.17) is 24.4 Å². The molecular weight excluding hydrogens is 683 g/mol. The van der Waals surface area contributed by atoms with Gasteiger partial charge in [-0.25, -0.2) is 18.1 Å². The van der Waals surface area contributed by atoms with Crippen molar-refractivity contribution in [3.8, 4) is 17.1 Å². The number of nitrogens with one attached hydrogen (secondary N) is 1. The average molecular weight is 738 g/mol. The van der Waals surface area contributed by atoms with Gasteiger partial charge in [-0.3, -0.25) is 4.98 Å². The molecule has 0 radical (unpaired) electrons. The third-order valence-electron chi connectivity index (χ3n) is 11.3. The molecule has 1 saturated heterocycles. The molecule has 0 amide bonds. The molecule has 53 heavy (non-hydrogen) atoms. The number of aryl methyl sites for hydroxylation is 1. The van der Waals surface area contributed by atoms with Crippen molar-refractivity contribution >= 4 is 21.7 Å². The van der Waals surface area contributed by atoms with E-state index in [2.05, 4.69) is 61.6 Å². The highest BCUT2D eigenvalue weighted by Crippen LogP contribution is 2.41. The number of sulfonamides is 1. The Bertz CT molecular complexity index is 2020. The number of morpholine rings is 1. The number of fused-ring (bicyclic) bond motifs is 4. The van der Waals surface area contributed by atoms with Crippen molar-refractivity contribution in [2.24, 2.45) is 17.3 Å². The number of nitrogens with zero attached hydrogens (tertiary/aromatic N) is 4. The molecule has 4 bridgehead atoms. The second-order valence-corrected chi connectivity index (χ2v) is 18.2. The van der Waals surface area contributed by atoms with Crippen molar-refractivity contribution in [2.75, 3.05) is 42.5 Å². The number of anilines is 2. The minimum absolute atomic E-state index is 0.0153. The van der Waals surface area contributed by atoms with Crippen molar-refractivity contribution in [2.45, 2.75) is 96.8 Å². The summed E-state index contributed by atoms with van der Waals surface area (Å²) in [5, 5.41) is 0. The summed E-state index contributed by atoms with van der Waals surface area (Å²) in [7, 11) is -4.04. The third kappa shape index (κ3) is 8.70. The quantitative estimate of drug-likeness (QED) is 0.201. The number of rotatable bonds is 7. The molecule has 4 aromatic rings. The molecule has 2 fully saturated rings. The van der Waals surface area contributed by atoms with E-state index in [0.29, 0.717) is 38.0 Å². The predicted octanol–water partition coefficient (Wildman–Crippen LogP) is 8.69. The van der Waals surface area contributed by atoms with E-state index in [1.807, 2.05) is 37.4 Å². The van der Waals surface area contributed by atoms with Crippen molar-refractivity contribution in [1.82, 2.24) is 15.0 Å². The smallest absolute Gasteiger partial charge is 0.264 e. The van der Waals surface area contributed by atoms with Gasteiger partial charge in [0.2, 0.25) is 11.8 Å². The molecule has 2 aliphatic heterocycles. The zero-order valence-corrected chi connectivity index (χ0v) is 32.8. The Kier molecular flexibility index (Phi) is 11.1. The van der Waals surface area contributed by atoms with Crippen LogP contribution in [0.15, 0.2) is 65.7 Å². The number of benzene rings is 2. The van der Waals surface area contributed by atoms with Crippen molar-refractivity contribution in [3.05, 3.63) is 88.7 Å². The monoisotopic (exact) mass is 737 g/mol. The van der Waals surface area contributed by atoms with Crippen LogP contribution in [0.1, 0.15) is 93.2 Å². The van der Waals surface area contributed by atoms with E-state index in [0.717, 1.165) is 65.3 Å². The third-order valence-corrected chi connectivity index (χ3v) is 12.6. The van der Waals surface area contributed by atoms with Crippen molar-refractivity contribution < 1.29 is 17.9 Å². The van der Waals surface area contributed by atoms with Crippen LogP contribution in [-0.2, 0) is 27.6 Å². The van der Waals surface area contributed by atoms with E-state index >= 15 is 0 Å². The van der Waals surface area contributed by atoms with Crippen LogP contribution in [0.4, 0.5) is 11.6 Å². The molecule has 3 aliphatic rings. The highest BCUT2D eigenvalue weighted by molar-refractivity contribution is 7.92. The van der Waals surface area contributed by atoms with Crippen LogP contribution in [0.3, 0.4) is 0 Å². The second kappa shape index (κ2) is 15.8. The van der Waals surface area contributed by atoms with Gasteiger partial charge in [-0.15, -0.1) is 0 Å². The number of pyridine rings is 1. The highest BCUT2D eigenvalue weighted by atomic mass is 32.2. The molecule has 10 heteroatoms. The molecule has 9 nitrogen and oxygen atoms in total. The SMILES string of the molecule is Cc1cccc(CC2CCCCC2)c1-c1nc2nc(c1C)OC[C@@H](CC(C)(C)C)C(Cc1ncccc1N1CCOCC1)c1cccc(c1)S(=O)(=O)N2. The first-order chi connectivity index (χ1) is 25.4. The first kappa shape index (κ1) is 37.3. The Hall–Kier alpha value is -4.02. The van der Waals surface area contributed by atoms with Gasteiger partial charge in [0.05, 0.1) is 41.8 Å². The minimum atomic E-state index is -4.04. The van der Waals surface area contributed by atoms with Crippen LogP contribution in [-0.4, -0.2) is 56.3 Å². The van der Waals surface area contributed by atoms with Crippen LogP contribution in [0.5, 0.6) is 5.88 Å². The second-order valence-electron chi connectivity index (χ2n) is 16.5. The highest BCUT2D eigenvalue weighted by Gasteiger charge is 2.33. The first-order valence-electron chi connectivity index (χ1n) is 19.4. The normalized spacial score (nSPS) is 20.8. The molecule has 1 aliphatic carbocycles. The lowest BCUT2D eigenvalue weighted by Crippen LogP contribution is -2.37. The average Bonchev–Trinajstić information content (AvgIpc) is 3.14. The van der Waals surface area contributed by atoms with Crippen LogP contribution >= 0.6 is 0 Å². The maximum Gasteiger partial charge on any atom is 0.264 e. The lowest BCUT2D eigenvalue weighted by molar-refractivity contribution is 0.122. The predicted molar refractivity (Wildman–Crippen MR) is 211 cm³/mol. The summed E-state index contributed by atoms with van der Waals surface area (Å²) in [6.45, 7) is 14.2. The van der Waals surface area contributed by atoms with Crippen LogP contribution in [0.25, 0.3) is 11.3 Å². The molecule has 4 heterocycles. The fourth-order valence-corrected chi connectivity index (χ4v) is 9.69. The summed E-state index contributed by atoms with van der Waals surface area (Å²) in [6, 6.07) is 17.9. The molecule has 2 aromatic heterocycles. The Balaban J connectivity index is 1.33. The van der Waals surface area contributed by atoms with E-state index in [1.165, 1.54) is 37.7 Å². The van der Waals surface area contributed by atoms with Gasteiger partial charge in [0, 0.05) is 36.3 Å². The zero-order valence-electron chi connectivity index (χ0n) is 32.0. The maximum absolute atomic E-state index is 14.2. The number of hydrogen-bond acceptors (Lipinski definition) is 8. The van der Waals surface area contributed by atoms with Gasteiger partial charge in [-0.2, -0.15) is 4.98 Å².